The first-order valence-electron chi connectivity index (χ1n) is 5.85. The molecule has 2 rings (SSSR count). The first-order valence-corrected chi connectivity index (χ1v) is 7.52. The molecule has 1 nitrogen and oxygen atoms in total. The highest BCUT2D eigenvalue weighted by atomic mass is 79.9. The van der Waals surface area contributed by atoms with E-state index in [0.717, 1.165) is 23.0 Å². The second-order valence-electron chi connectivity index (χ2n) is 4.31. The summed E-state index contributed by atoms with van der Waals surface area (Å²) in [5, 5.41) is 5.52. The number of thiophene rings is 1. The average Bonchev–Trinajstić information content (AvgIpc) is 2.72. The van der Waals surface area contributed by atoms with Crippen LogP contribution in [-0.4, -0.2) is 6.04 Å². The summed E-state index contributed by atoms with van der Waals surface area (Å²) < 4.78 is 14.2. The molecule has 1 N–H and O–H groups in total. The van der Waals surface area contributed by atoms with Gasteiger partial charge in [-0.05, 0) is 58.4 Å². The Morgan fingerprint density at radius 1 is 1.39 bits per heavy atom. The molecule has 0 spiro atoms. The third kappa shape index (κ3) is 3.90. The van der Waals surface area contributed by atoms with Gasteiger partial charge < -0.3 is 5.32 Å². The Kier molecular flexibility index (Phi) is 4.92. The second-order valence-corrected chi connectivity index (χ2v) is 6.16. The molecule has 18 heavy (non-hydrogen) atoms. The van der Waals surface area contributed by atoms with Crippen molar-refractivity contribution in [1.29, 1.82) is 0 Å². The number of benzene rings is 1. The smallest absolute Gasteiger partial charge is 0.123 e. The number of nitrogens with one attached hydrogen (secondary N) is 1. The van der Waals surface area contributed by atoms with Crippen LogP contribution in [0, 0.1) is 5.82 Å². The minimum atomic E-state index is -0.166. The lowest BCUT2D eigenvalue weighted by atomic mass is 10.1. The van der Waals surface area contributed by atoms with Crippen LogP contribution in [0.2, 0.25) is 0 Å². The average molecular weight is 328 g/mol. The van der Waals surface area contributed by atoms with Gasteiger partial charge in [0.15, 0.2) is 0 Å². The van der Waals surface area contributed by atoms with Crippen LogP contribution in [0.1, 0.15) is 17.4 Å². The zero-order valence-electron chi connectivity index (χ0n) is 10.1. The number of rotatable bonds is 5. The van der Waals surface area contributed by atoms with Crippen LogP contribution in [0.5, 0.6) is 0 Å². The molecular formula is C14H15BrFNS. The summed E-state index contributed by atoms with van der Waals surface area (Å²) in [4.78, 5) is 1.29. The molecule has 0 fully saturated rings. The fourth-order valence-electron chi connectivity index (χ4n) is 1.81. The monoisotopic (exact) mass is 327 g/mol. The van der Waals surface area contributed by atoms with E-state index in [0.29, 0.717) is 6.04 Å². The van der Waals surface area contributed by atoms with Crippen molar-refractivity contribution in [3.05, 3.63) is 56.4 Å². The zero-order valence-corrected chi connectivity index (χ0v) is 12.5. The topological polar surface area (TPSA) is 12.0 Å². The van der Waals surface area contributed by atoms with Gasteiger partial charge in [-0.3, -0.25) is 0 Å². The number of hydrogen-bond donors (Lipinski definition) is 1. The summed E-state index contributed by atoms with van der Waals surface area (Å²) in [6.45, 7) is 2.96. The van der Waals surface area contributed by atoms with Gasteiger partial charge in [0, 0.05) is 21.9 Å². The Bertz CT molecular complexity index is 512. The van der Waals surface area contributed by atoms with Crippen molar-refractivity contribution in [1.82, 2.24) is 5.32 Å². The van der Waals surface area contributed by atoms with Crippen molar-refractivity contribution >= 4 is 27.3 Å². The highest BCUT2D eigenvalue weighted by molar-refractivity contribution is 9.10. The summed E-state index contributed by atoms with van der Waals surface area (Å²) in [5.41, 5.74) is 1.03. The summed E-state index contributed by atoms with van der Waals surface area (Å²) in [6.07, 6.45) is 0.834. The third-order valence-corrected chi connectivity index (χ3v) is 4.66. The van der Waals surface area contributed by atoms with E-state index < -0.39 is 0 Å². The van der Waals surface area contributed by atoms with E-state index in [1.54, 1.807) is 23.5 Å². The van der Waals surface area contributed by atoms with Crippen LogP contribution in [0.3, 0.4) is 0 Å². The molecule has 1 heterocycles. The van der Waals surface area contributed by atoms with Gasteiger partial charge in [0.2, 0.25) is 0 Å². The standard InChI is InChI=1S/C14H15BrFNS/c1-10(7-11-3-2-4-12(16)8-11)17-9-14-13(15)5-6-18-14/h2-6,8,10,17H,7,9H2,1H3. The van der Waals surface area contributed by atoms with Gasteiger partial charge in [0.05, 0.1) is 0 Å². The van der Waals surface area contributed by atoms with Crippen molar-refractivity contribution in [2.45, 2.75) is 25.9 Å². The Balaban J connectivity index is 1.86. The molecule has 0 amide bonds. The molecule has 4 heteroatoms. The Hall–Kier alpha value is -0.710. The fourth-order valence-corrected chi connectivity index (χ4v) is 3.25. The largest absolute Gasteiger partial charge is 0.309 e. The predicted molar refractivity (Wildman–Crippen MR) is 78.4 cm³/mol. The maximum absolute atomic E-state index is 13.1. The summed E-state index contributed by atoms with van der Waals surface area (Å²) in [7, 11) is 0. The van der Waals surface area contributed by atoms with Gasteiger partial charge in [0.1, 0.15) is 5.82 Å². The Morgan fingerprint density at radius 3 is 2.89 bits per heavy atom. The van der Waals surface area contributed by atoms with Gasteiger partial charge in [-0.2, -0.15) is 0 Å². The molecule has 0 bridgehead atoms. The van der Waals surface area contributed by atoms with E-state index in [4.69, 9.17) is 0 Å². The molecule has 2 aromatic rings. The quantitative estimate of drug-likeness (QED) is 0.859. The van der Waals surface area contributed by atoms with Gasteiger partial charge in [-0.1, -0.05) is 12.1 Å². The maximum Gasteiger partial charge on any atom is 0.123 e. The molecule has 0 saturated heterocycles. The molecule has 1 atom stereocenters. The SMILES string of the molecule is CC(Cc1cccc(F)c1)NCc1sccc1Br. The highest BCUT2D eigenvalue weighted by Crippen LogP contribution is 2.22. The van der Waals surface area contributed by atoms with Crippen molar-refractivity contribution in [3.63, 3.8) is 0 Å². The van der Waals surface area contributed by atoms with Gasteiger partial charge in [0.25, 0.3) is 0 Å². The van der Waals surface area contributed by atoms with Crippen LogP contribution < -0.4 is 5.32 Å². The van der Waals surface area contributed by atoms with Gasteiger partial charge >= 0.3 is 0 Å². The molecule has 96 valence electrons. The number of hydrogen-bond acceptors (Lipinski definition) is 2. The summed E-state index contributed by atoms with van der Waals surface area (Å²) >= 11 is 5.24. The van der Waals surface area contributed by atoms with Crippen LogP contribution in [-0.2, 0) is 13.0 Å². The first-order chi connectivity index (χ1) is 8.65. The van der Waals surface area contributed by atoms with Crippen LogP contribution in [0.15, 0.2) is 40.2 Å². The van der Waals surface area contributed by atoms with Crippen molar-refractivity contribution < 1.29 is 4.39 Å². The lowest BCUT2D eigenvalue weighted by molar-refractivity contribution is 0.545. The van der Waals surface area contributed by atoms with Gasteiger partial charge in [-0.25, -0.2) is 4.39 Å². The molecule has 1 aromatic carbocycles. The van der Waals surface area contributed by atoms with Crippen molar-refractivity contribution in [2.75, 3.05) is 0 Å². The lowest BCUT2D eigenvalue weighted by Crippen LogP contribution is -2.27. The number of halogens is 2. The van der Waals surface area contributed by atoms with Gasteiger partial charge in [-0.15, -0.1) is 11.3 Å². The van der Waals surface area contributed by atoms with Crippen LogP contribution in [0.25, 0.3) is 0 Å². The van der Waals surface area contributed by atoms with E-state index in [9.17, 15) is 4.39 Å². The Labute approximate surface area is 119 Å². The van der Waals surface area contributed by atoms with E-state index in [2.05, 4.69) is 39.6 Å². The van der Waals surface area contributed by atoms with E-state index in [1.165, 1.54) is 10.9 Å². The van der Waals surface area contributed by atoms with Crippen LogP contribution in [0.4, 0.5) is 4.39 Å². The minimum absolute atomic E-state index is 0.166. The lowest BCUT2D eigenvalue weighted by Gasteiger charge is -2.13. The summed E-state index contributed by atoms with van der Waals surface area (Å²) in [5.74, 6) is -0.166. The molecule has 1 aromatic heterocycles. The molecule has 0 saturated carbocycles. The maximum atomic E-state index is 13.1. The minimum Gasteiger partial charge on any atom is -0.309 e. The summed E-state index contributed by atoms with van der Waals surface area (Å²) in [6, 6.07) is 9.17. The first kappa shape index (κ1) is 13.7. The molecule has 0 aliphatic rings. The van der Waals surface area contributed by atoms with Crippen LogP contribution >= 0.6 is 27.3 Å². The van der Waals surface area contributed by atoms with E-state index in [-0.39, 0.29) is 5.82 Å². The van der Waals surface area contributed by atoms with Crippen molar-refractivity contribution in [3.8, 4) is 0 Å². The predicted octanol–water partition coefficient (Wildman–Crippen LogP) is 4.37. The molecule has 0 aliphatic heterocycles. The Morgan fingerprint density at radius 2 is 2.22 bits per heavy atom. The normalized spacial score (nSPS) is 12.6. The molecule has 0 aliphatic carbocycles. The second kappa shape index (κ2) is 6.45. The van der Waals surface area contributed by atoms with E-state index >= 15 is 0 Å². The molecule has 0 radical (unpaired) electrons. The molecular weight excluding hydrogens is 313 g/mol. The zero-order chi connectivity index (χ0) is 13.0. The third-order valence-electron chi connectivity index (χ3n) is 2.73. The highest BCUT2D eigenvalue weighted by Gasteiger charge is 2.06. The fraction of sp³-hybridized carbons (Fsp3) is 0.286. The van der Waals surface area contributed by atoms with E-state index in [1.807, 2.05) is 6.07 Å². The molecule has 1 unspecified atom stereocenters. The van der Waals surface area contributed by atoms with Crippen molar-refractivity contribution in [2.24, 2.45) is 0 Å².